The third-order valence-electron chi connectivity index (χ3n) is 3.02. The van der Waals surface area contributed by atoms with Crippen LogP contribution in [-0.4, -0.2) is 5.78 Å². The van der Waals surface area contributed by atoms with E-state index in [0.717, 1.165) is 12.8 Å². The molecule has 0 bridgehead atoms. The lowest BCUT2D eigenvalue weighted by molar-refractivity contribution is -0.117. The molecule has 1 aliphatic carbocycles. The van der Waals surface area contributed by atoms with Crippen LogP contribution in [0.25, 0.3) is 0 Å². The van der Waals surface area contributed by atoms with Gasteiger partial charge in [-0.2, -0.15) is 0 Å². The molecule has 0 aromatic carbocycles. The minimum atomic E-state index is 0.330. The second-order valence-electron chi connectivity index (χ2n) is 4.50. The first-order valence-corrected chi connectivity index (χ1v) is 5.95. The highest BCUT2D eigenvalue weighted by Gasteiger charge is 2.22. The fraction of sp³-hybridized carbons (Fsp3) is 0.769. The Morgan fingerprint density at radius 3 is 2.57 bits per heavy atom. The van der Waals surface area contributed by atoms with Gasteiger partial charge in [0.15, 0.2) is 5.78 Å². The molecule has 80 valence electrons. The fourth-order valence-corrected chi connectivity index (χ4v) is 2.15. The average Bonchev–Trinajstić information content (AvgIpc) is 2.45. The van der Waals surface area contributed by atoms with E-state index in [2.05, 4.69) is 13.8 Å². The average molecular weight is 194 g/mol. The Kier molecular flexibility index (Phi) is 4.92. The van der Waals surface area contributed by atoms with E-state index in [9.17, 15) is 4.79 Å². The molecule has 0 amide bonds. The summed E-state index contributed by atoms with van der Waals surface area (Å²) in [5, 5.41) is 0. The molecule has 0 saturated heterocycles. The highest BCUT2D eigenvalue weighted by Crippen LogP contribution is 2.26. The van der Waals surface area contributed by atoms with Crippen molar-refractivity contribution in [3.8, 4) is 0 Å². The molecule has 0 aromatic heterocycles. The van der Waals surface area contributed by atoms with Crippen molar-refractivity contribution in [2.75, 3.05) is 0 Å². The lowest BCUT2D eigenvalue weighted by atomic mass is 9.97. The molecule has 0 aliphatic heterocycles. The summed E-state index contributed by atoms with van der Waals surface area (Å²) in [5.41, 5.74) is 1.27. The molecule has 1 atom stereocenters. The molecular formula is C13H22O. The maximum absolute atomic E-state index is 11.4. The Balaban J connectivity index is 2.06. The molecule has 0 saturated carbocycles. The summed E-state index contributed by atoms with van der Waals surface area (Å²) in [6, 6.07) is 0. The molecule has 0 fully saturated rings. The van der Waals surface area contributed by atoms with Gasteiger partial charge in [-0.3, -0.25) is 4.79 Å². The van der Waals surface area contributed by atoms with E-state index in [1.807, 2.05) is 6.08 Å². The van der Waals surface area contributed by atoms with Crippen molar-refractivity contribution >= 4 is 5.78 Å². The standard InChI is InChI=1S/C13H22O/c1-3-4-5-6-7-8-12-9-11(2)10-13(12)14/h10,12H,3-9H2,1-2H3. The minimum absolute atomic E-state index is 0.330. The van der Waals surface area contributed by atoms with Crippen LogP contribution in [-0.2, 0) is 4.79 Å². The number of ketones is 1. The SMILES string of the molecule is CCCCCCCC1CC(C)=CC1=O. The summed E-state index contributed by atoms with van der Waals surface area (Å²) >= 11 is 0. The zero-order valence-corrected chi connectivity index (χ0v) is 9.51. The molecule has 0 spiro atoms. The number of allylic oxidation sites excluding steroid dienone is 2. The number of carbonyl (C=O) groups excluding carboxylic acids is 1. The van der Waals surface area contributed by atoms with Crippen molar-refractivity contribution in [2.45, 2.75) is 58.8 Å². The number of carbonyl (C=O) groups is 1. The highest BCUT2D eigenvalue weighted by atomic mass is 16.1. The number of hydrogen-bond donors (Lipinski definition) is 0. The van der Waals surface area contributed by atoms with Crippen LogP contribution in [0.2, 0.25) is 0 Å². The monoisotopic (exact) mass is 194 g/mol. The first-order valence-electron chi connectivity index (χ1n) is 5.95. The zero-order valence-electron chi connectivity index (χ0n) is 9.51. The van der Waals surface area contributed by atoms with Gasteiger partial charge in [0, 0.05) is 5.92 Å². The van der Waals surface area contributed by atoms with Crippen molar-refractivity contribution in [1.29, 1.82) is 0 Å². The van der Waals surface area contributed by atoms with E-state index in [1.165, 1.54) is 37.7 Å². The molecule has 1 nitrogen and oxygen atoms in total. The van der Waals surface area contributed by atoms with Gasteiger partial charge in [0.2, 0.25) is 0 Å². The third kappa shape index (κ3) is 3.65. The third-order valence-corrected chi connectivity index (χ3v) is 3.02. The Labute approximate surface area is 87.6 Å². The van der Waals surface area contributed by atoms with Gasteiger partial charge in [-0.1, -0.05) is 44.6 Å². The molecule has 1 aliphatic rings. The highest BCUT2D eigenvalue weighted by molar-refractivity contribution is 5.94. The van der Waals surface area contributed by atoms with Gasteiger partial charge < -0.3 is 0 Å². The van der Waals surface area contributed by atoms with Crippen molar-refractivity contribution in [1.82, 2.24) is 0 Å². The van der Waals surface area contributed by atoms with Crippen LogP contribution in [0.4, 0.5) is 0 Å². The Bertz CT molecular complexity index is 215. The lowest BCUT2D eigenvalue weighted by Crippen LogP contribution is -2.06. The van der Waals surface area contributed by atoms with E-state index in [4.69, 9.17) is 0 Å². The summed E-state index contributed by atoms with van der Waals surface area (Å²) in [7, 11) is 0. The van der Waals surface area contributed by atoms with Crippen LogP contribution in [0.5, 0.6) is 0 Å². The molecule has 0 N–H and O–H groups in total. The van der Waals surface area contributed by atoms with Crippen LogP contribution in [0.1, 0.15) is 58.8 Å². The maximum Gasteiger partial charge on any atom is 0.159 e. The first-order chi connectivity index (χ1) is 6.74. The van der Waals surface area contributed by atoms with Gasteiger partial charge in [-0.25, -0.2) is 0 Å². The molecule has 1 heteroatoms. The maximum atomic E-state index is 11.4. The summed E-state index contributed by atoms with van der Waals surface area (Å²) in [4.78, 5) is 11.4. The Morgan fingerprint density at radius 2 is 2.00 bits per heavy atom. The van der Waals surface area contributed by atoms with Gasteiger partial charge >= 0.3 is 0 Å². The number of rotatable bonds is 6. The van der Waals surface area contributed by atoms with E-state index < -0.39 is 0 Å². The minimum Gasteiger partial charge on any atom is -0.295 e. The van der Waals surface area contributed by atoms with Gasteiger partial charge in [0.25, 0.3) is 0 Å². The molecule has 1 rings (SSSR count). The Hall–Kier alpha value is -0.590. The van der Waals surface area contributed by atoms with Gasteiger partial charge in [0.1, 0.15) is 0 Å². The van der Waals surface area contributed by atoms with E-state index >= 15 is 0 Å². The molecule has 0 radical (unpaired) electrons. The van der Waals surface area contributed by atoms with Crippen LogP contribution in [0, 0.1) is 5.92 Å². The molecule has 14 heavy (non-hydrogen) atoms. The molecule has 0 aromatic rings. The van der Waals surface area contributed by atoms with E-state index in [-0.39, 0.29) is 0 Å². The Morgan fingerprint density at radius 1 is 1.29 bits per heavy atom. The second-order valence-corrected chi connectivity index (χ2v) is 4.50. The summed E-state index contributed by atoms with van der Waals surface area (Å²) < 4.78 is 0. The largest absolute Gasteiger partial charge is 0.295 e. The smallest absolute Gasteiger partial charge is 0.159 e. The van der Waals surface area contributed by atoms with Gasteiger partial charge in [-0.15, -0.1) is 0 Å². The number of unbranched alkanes of at least 4 members (excludes halogenated alkanes) is 4. The predicted molar refractivity (Wildman–Crippen MR) is 60.2 cm³/mol. The van der Waals surface area contributed by atoms with Crippen LogP contribution >= 0.6 is 0 Å². The van der Waals surface area contributed by atoms with Gasteiger partial charge in [-0.05, 0) is 25.8 Å². The summed E-state index contributed by atoms with van der Waals surface area (Å²) in [5.74, 6) is 0.703. The fourth-order valence-electron chi connectivity index (χ4n) is 2.15. The zero-order chi connectivity index (χ0) is 10.4. The van der Waals surface area contributed by atoms with E-state index in [0.29, 0.717) is 11.7 Å². The van der Waals surface area contributed by atoms with Crippen molar-refractivity contribution in [2.24, 2.45) is 5.92 Å². The van der Waals surface area contributed by atoms with Crippen molar-refractivity contribution < 1.29 is 4.79 Å². The topological polar surface area (TPSA) is 17.1 Å². The quantitative estimate of drug-likeness (QED) is 0.586. The van der Waals surface area contributed by atoms with Gasteiger partial charge in [0.05, 0.1) is 0 Å². The van der Waals surface area contributed by atoms with Crippen molar-refractivity contribution in [3.63, 3.8) is 0 Å². The first kappa shape index (κ1) is 11.5. The van der Waals surface area contributed by atoms with Crippen LogP contribution in [0.15, 0.2) is 11.6 Å². The normalized spacial score (nSPS) is 21.4. The van der Waals surface area contributed by atoms with Crippen molar-refractivity contribution in [3.05, 3.63) is 11.6 Å². The summed E-state index contributed by atoms with van der Waals surface area (Å²) in [6.07, 6.45) is 10.5. The lowest BCUT2D eigenvalue weighted by Gasteiger charge is -2.07. The predicted octanol–water partition coefficient (Wildman–Crippen LogP) is 3.88. The van der Waals surface area contributed by atoms with Crippen LogP contribution < -0.4 is 0 Å². The molecule has 1 unspecified atom stereocenters. The molecule has 0 heterocycles. The summed E-state index contributed by atoms with van der Waals surface area (Å²) in [6.45, 7) is 4.29. The second kappa shape index (κ2) is 6.00. The van der Waals surface area contributed by atoms with E-state index in [1.54, 1.807) is 0 Å². The molecular weight excluding hydrogens is 172 g/mol. The van der Waals surface area contributed by atoms with Crippen LogP contribution in [0.3, 0.4) is 0 Å². The number of hydrogen-bond acceptors (Lipinski definition) is 1.